The molecule has 1 heterocycles. The zero-order valence-corrected chi connectivity index (χ0v) is 19.3. The number of rotatable bonds is 4. The predicted octanol–water partition coefficient (Wildman–Crippen LogP) is 5.42. The lowest BCUT2D eigenvalue weighted by atomic mass is 9.95. The summed E-state index contributed by atoms with van der Waals surface area (Å²) in [6, 6.07) is 15.6. The van der Waals surface area contributed by atoms with Gasteiger partial charge in [0, 0.05) is 41.6 Å². The van der Waals surface area contributed by atoms with Gasteiger partial charge in [0.05, 0.1) is 11.6 Å². The van der Waals surface area contributed by atoms with Crippen molar-refractivity contribution in [3.05, 3.63) is 99.5 Å². The van der Waals surface area contributed by atoms with Crippen molar-refractivity contribution in [3.8, 4) is 0 Å². The first-order valence-corrected chi connectivity index (χ1v) is 10.8. The number of hydrogen-bond acceptors (Lipinski definition) is 4. The molecule has 0 radical (unpaired) electrons. The molecule has 5 nitrogen and oxygen atoms in total. The quantitative estimate of drug-likeness (QED) is 0.288. The van der Waals surface area contributed by atoms with Gasteiger partial charge in [0.1, 0.15) is 5.76 Å². The van der Waals surface area contributed by atoms with E-state index in [4.69, 9.17) is 0 Å². The first-order chi connectivity index (χ1) is 15.7. The fourth-order valence-electron chi connectivity index (χ4n) is 3.77. The monoisotopic (exact) mass is 512 g/mol. The maximum atomic E-state index is 14.0. The number of nitrogens with zero attached hydrogens (tertiary/aromatic N) is 2. The van der Waals surface area contributed by atoms with Crippen LogP contribution in [0.1, 0.15) is 17.2 Å². The van der Waals surface area contributed by atoms with E-state index in [0.29, 0.717) is 11.1 Å². The highest BCUT2D eigenvalue weighted by atomic mass is 79.9. The normalized spacial score (nSPS) is 17.5. The van der Waals surface area contributed by atoms with Gasteiger partial charge in [-0.2, -0.15) is 0 Å². The molecule has 1 N–H and O–H groups in total. The van der Waals surface area contributed by atoms with Crippen molar-refractivity contribution in [2.45, 2.75) is 6.04 Å². The summed E-state index contributed by atoms with van der Waals surface area (Å²) in [5, 5.41) is 11.1. The summed E-state index contributed by atoms with van der Waals surface area (Å²) in [5.74, 6) is -4.43. The zero-order valence-electron chi connectivity index (χ0n) is 17.7. The average molecular weight is 513 g/mol. The molecule has 0 aromatic heterocycles. The van der Waals surface area contributed by atoms with Crippen LogP contribution in [0.25, 0.3) is 5.76 Å². The van der Waals surface area contributed by atoms with Crippen LogP contribution in [0.4, 0.5) is 20.2 Å². The lowest BCUT2D eigenvalue weighted by Crippen LogP contribution is -2.29. The Morgan fingerprint density at radius 3 is 2.15 bits per heavy atom. The number of carbonyl (C=O) groups excluding carboxylic acids is 2. The van der Waals surface area contributed by atoms with Gasteiger partial charge in [0.15, 0.2) is 11.6 Å². The maximum Gasteiger partial charge on any atom is 0.300 e. The molecular weight excluding hydrogens is 494 g/mol. The first kappa shape index (κ1) is 22.7. The van der Waals surface area contributed by atoms with Crippen LogP contribution < -0.4 is 9.80 Å². The minimum absolute atomic E-state index is 0.00698. The third kappa shape index (κ3) is 4.14. The fraction of sp³-hybridized carbons (Fsp3) is 0.120. The summed E-state index contributed by atoms with van der Waals surface area (Å²) in [5.41, 5.74) is 1.63. The van der Waals surface area contributed by atoms with E-state index in [1.54, 1.807) is 48.5 Å². The van der Waals surface area contributed by atoms with E-state index in [0.717, 1.165) is 27.2 Å². The number of anilines is 2. The van der Waals surface area contributed by atoms with Crippen LogP contribution in [0.15, 0.2) is 76.8 Å². The van der Waals surface area contributed by atoms with Gasteiger partial charge in [0.2, 0.25) is 0 Å². The zero-order chi connectivity index (χ0) is 23.9. The molecule has 4 rings (SSSR count). The SMILES string of the molecule is CN(C)c1ccc(C2/C(=C(\O)c3ccc(Br)cc3)C(=O)C(=O)N2c2ccc(F)c(F)c2)cc1. The molecule has 0 saturated carbocycles. The third-order valence-electron chi connectivity index (χ3n) is 5.47. The van der Waals surface area contributed by atoms with Gasteiger partial charge in [-0.25, -0.2) is 8.78 Å². The molecule has 1 aliphatic rings. The van der Waals surface area contributed by atoms with E-state index in [1.807, 2.05) is 19.0 Å². The number of benzene rings is 3. The van der Waals surface area contributed by atoms with E-state index in [9.17, 15) is 23.5 Å². The highest BCUT2D eigenvalue weighted by Crippen LogP contribution is 2.42. The molecule has 3 aromatic carbocycles. The van der Waals surface area contributed by atoms with E-state index in [1.165, 1.54) is 6.07 Å². The molecule has 168 valence electrons. The Kier molecular flexibility index (Phi) is 6.03. The van der Waals surface area contributed by atoms with Crippen LogP contribution in [-0.4, -0.2) is 30.9 Å². The van der Waals surface area contributed by atoms with Crippen LogP contribution in [0.5, 0.6) is 0 Å². The van der Waals surface area contributed by atoms with Crippen LogP contribution in [0, 0.1) is 11.6 Å². The smallest absolute Gasteiger partial charge is 0.300 e. The summed E-state index contributed by atoms with van der Waals surface area (Å²) < 4.78 is 28.3. The molecule has 3 aromatic rings. The van der Waals surface area contributed by atoms with Crippen molar-refractivity contribution in [1.29, 1.82) is 0 Å². The van der Waals surface area contributed by atoms with Crippen molar-refractivity contribution in [2.75, 3.05) is 23.9 Å². The molecule has 1 saturated heterocycles. The Hall–Kier alpha value is -3.52. The number of aliphatic hydroxyl groups excluding tert-OH is 1. The summed E-state index contributed by atoms with van der Waals surface area (Å²) >= 11 is 3.32. The number of ketones is 1. The number of hydrogen-bond donors (Lipinski definition) is 1. The number of aliphatic hydroxyl groups is 1. The maximum absolute atomic E-state index is 14.0. The molecule has 0 aliphatic carbocycles. The Morgan fingerprint density at radius 2 is 1.58 bits per heavy atom. The number of halogens is 3. The highest BCUT2D eigenvalue weighted by molar-refractivity contribution is 9.10. The number of carbonyl (C=O) groups is 2. The molecule has 1 atom stereocenters. The molecule has 1 unspecified atom stereocenters. The largest absolute Gasteiger partial charge is 0.507 e. The predicted molar refractivity (Wildman–Crippen MR) is 126 cm³/mol. The topological polar surface area (TPSA) is 60.9 Å². The number of Topliss-reactive ketones (excluding diaryl/α,β-unsaturated/α-hetero) is 1. The fourth-order valence-corrected chi connectivity index (χ4v) is 4.03. The van der Waals surface area contributed by atoms with Gasteiger partial charge in [-0.15, -0.1) is 0 Å². The molecule has 0 spiro atoms. The van der Waals surface area contributed by atoms with Crippen LogP contribution in [0.3, 0.4) is 0 Å². The van der Waals surface area contributed by atoms with Gasteiger partial charge >= 0.3 is 0 Å². The van der Waals surface area contributed by atoms with Gasteiger partial charge in [-0.3, -0.25) is 14.5 Å². The lowest BCUT2D eigenvalue weighted by molar-refractivity contribution is -0.132. The average Bonchev–Trinajstić information content (AvgIpc) is 3.06. The first-order valence-electron chi connectivity index (χ1n) is 9.98. The van der Waals surface area contributed by atoms with Crippen molar-refractivity contribution in [2.24, 2.45) is 0 Å². The van der Waals surface area contributed by atoms with Crippen LogP contribution in [0.2, 0.25) is 0 Å². The molecule has 0 bridgehead atoms. The van der Waals surface area contributed by atoms with Gasteiger partial charge in [-0.05, 0) is 42.0 Å². The van der Waals surface area contributed by atoms with E-state index in [2.05, 4.69) is 15.9 Å². The molecule has 1 amide bonds. The number of amides is 1. The molecule has 33 heavy (non-hydrogen) atoms. The summed E-state index contributed by atoms with van der Waals surface area (Å²) in [6.45, 7) is 0. The Bertz CT molecular complexity index is 1270. The van der Waals surface area contributed by atoms with Crippen molar-refractivity contribution < 1.29 is 23.5 Å². The lowest BCUT2D eigenvalue weighted by Gasteiger charge is -2.26. The molecule has 8 heteroatoms. The Morgan fingerprint density at radius 1 is 0.939 bits per heavy atom. The minimum Gasteiger partial charge on any atom is -0.507 e. The summed E-state index contributed by atoms with van der Waals surface area (Å²) in [4.78, 5) is 29.1. The van der Waals surface area contributed by atoms with E-state index in [-0.39, 0.29) is 17.0 Å². The van der Waals surface area contributed by atoms with Gasteiger partial charge in [-0.1, -0.05) is 40.2 Å². The van der Waals surface area contributed by atoms with Crippen molar-refractivity contribution in [1.82, 2.24) is 0 Å². The molecule has 1 aliphatic heterocycles. The Balaban J connectivity index is 1.93. The van der Waals surface area contributed by atoms with E-state index < -0.39 is 29.4 Å². The second kappa shape index (κ2) is 8.78. The van der Waals surface area contributed by atoms with Crippen molar-refractivity contribution >= 4 is 44.8 Å². The standard InChI is InChI=1S/C25H19BrF2N2O3/c1-29(2)17-9-5-14(6-10-17)22-21(23(31)15-3-7-16(26)8-4-15)24(32)25(33)30(22)18-11-12-19(27)20(28)13-18/h3-13,22,31H,1-2H3/b23-21+. The van der Waals surface area contributed by atoms with Crippen molar-refractivity contribution in [3.63, 3.8) is 0 Å². The second-order valence-electron chi connectivity index (χ2n) is 7.76. The highest BCUT2D eigenvalue weighted by Gasteiger charge is 2.47. The van der Waals surface area contributed by atoms with Crippen LogP contribution in [-0.2, 0) is 9.59 Å². The minimum atomic E-state index is -1.15. The van der Waals surface area contributed by atoms with Crippen LogP contribution >= 0.6 is 15.9 Å². The van der Waals surface area contributed by atoms with E-state index >= 15 is 0 Å². The summed E-state index contributed by atoms with van der Waals surface area (Å²) in [7, 11) is 3.74. The van der Waals surface area contributed by atoms with Gasteiger partial charge < -0.3 is 10.0 Å². The van der Waals surface area contributed by atoms with Gasteiger partial charge in [0.25, 0.3) is 11.7 Å². The summed E-state index contributed by atoms with van der Waals surface area (Å²) in [6.07, 6.45) is 0. The Labute approximate surface area is 197 Å². The second-order valence-corrected chi connectivity index (χ2v) is 8.68. The molecular formula is C25H19BrF2N2O3. The molecule has 1 fully saturated rings. The third-order valence-corrected chi connectivity index (χ3v) is 6.00.